The van der Waals surface area contributed by atoms with Gasteiger partial charge in [-0.2, -0.15) is 0 Å². The van der Waals surface area contributed by atoms with Crippen LogP contribution in [0.15, 0.2) is 30.3 Å². The SMILES string of the molecule is CC(C)C[C@H](Oc1ccccc1)C(=O)O. The largest absolute Gasteiger partial charge is 0.479 e. The van der Waals surface area contributed by atoms with Crippen LogP contribution in [0.1, 0.15) is 20.3 Å². The molecule has 3 heteroatoms. The van der Waals surface area contributed by atoms with Crippen molar-refractivity contribution in [3.63, 3.8) is 0 Å². The van der Waals surface area contributed by atoms with Crippen molar-refractivity contribution in [3.8, 4) is 5.75 Å². The third kappa shape index (κ3) is 4.02. The molecule has 0 bridgehead atoms. The molecule has 0 saturated carbocycles. The van der Waals surface area contributed by atoms with Crippen LogP contribution in [0, 0.1) is 5.92 Å². The molecule has 0 amide bonds. The molecule has 1 aromatic rings. The van der Waals surface area contributed by atoms with Crippen LogP contribution in [0.3, 0.4) is 0 Å². The summed E-state index contributed by atoms with van der Waals surface area (Å²) in [6.45, 7) is 3.95. The summed E-state index contributed by atoms with van der Waals surface area (Å²) in [6.07, 6.45) is -0.239. The number of para-hydroxylation sites is 1. The number of rotatable bonds is 5. The molecule has 1 N–H and O–H groups in total. The van der Waals surface area contributed by atoms with E-state index >= 15 is 0 Å². The Hall–Kier alpha value is -1.51. The van der Waals surface area contributed by atoms with Gasteiger partial charge in [-0.15, -0.1) is 0 Å². The maximum absolute atomic E-state index is 10.9. The molecule has 0 aliphatic heterocycles. The zero-order chi connectivity index (χ0) is 11.3. The quantitative estimate of drug-likeness (QED) is 0.808. The molecule has 15 heavy (non-hydrogen) atoms. The average molecular weight is 208 g/mol. The molecule has 0 unspecified atom stereocenters. The number of benzene rings is 1. The van der Waals surface area contributed by atoms with Gasteiger partial charge in [0.15, 0.2) is 6.10 Å². The van der Waals surface area contributed by atoms with Gasteiger partial charge in [0.05, 0.1) is 0 Å². The van der Waals surface area contributed by atoms with Crippen molar-refractivity contribution >= 4 is 5.97 Å². The van der Waals surface area contributed by atoms with Gasteiger partial charge < -0.3 is 9.84 Å². The summed E-state index contributed by atoms with van der Waals surface area (Å²) >= 11 is 0. The molecule has 0 radical (unpaired) electrons. The van der Waals surface area contributed by atoms with E-state index in [4.69, 9.17) is 9.84 Å². The lowest BCUT2D eigenvalue weighted by Crippen LogP contribution is -2.28. The highest BCUT2D eigenvalue weighted by atomic mass is 16.5. The normalized spacial score (nSPS) is 12.5. The third-order valence-corrected chi connectivity index (χ3v) is 1.98. The second-order valence-corrected chi connectivity index (χ2v) is 3.89. The van der Waals surface area contributed by atoms with Crippen LogP contribution in [0.4, 0.5) is 0 Å². The molecule has 0 heterocycles. The van der Waals surface area contributed by atoms with Gasteiger partial charge in [-0.1, -0.05) is 32.0 Å². The number of hydrogen-bond acceptors (Lipinski definition) is 2. The maximum Gasteiger partial charge on any atom is 0.344 e. The Kier molecular flexibility index (Phi) is 4.16. The van der Waals surface area contributed by atoms with Gasteiger partial charge in [0, 0.05) is 0 Å². The molecule has 1 atom stereocenters. The highest BCUT2D eigenvalue weighted by Crippen LogP contribution is 2.15. The molecule has 0 aliphatic carbocycles. The van der Waals surface area contributed by atoms with Crippen molar-refractivity contribution in [2.75, 3.05) is 0 Å². The molecule has 1 rings (SSSR count). The Labute approximate surface area is 89.7 Å². The second-order valence-electron chi connectivity index (χ2n) is 3.89. The lowest BCUT2D eigenvalue weighted by atomic mass is 10.1. The van der Waals surface area contributed by atoms with Gasteiger partial charge in [-0.3, -0.25) is 0 Å². The molecule has 0 aromatic heterocycles. The third-order valence-electron chi connectivity index (χ3n) is 1.98. The molecular formula is C12H16O3. The van der Waals surface area contributed by atoms with Crippen molar-refractivity contribution in [1.82, 2.24) is 0 Å². The Balaban J connectivity index is 2.63. The highest BCUT2D eigenvalue weighted by molar-refractivity contribution is 5.72. The zero-order valence-electron chi connectivity index (χ0n) is 9.01. The van der Waals surface area contributed by atoms with E-state index in [0.717, 1.165) is 0 Å². The molecule has 0 saturated heterocycles. The molecular weight excluding hydrogens is 192 g/mol. The highest BCUT2D eigenvalue weighted by Gasteiger charge is 2.20. The van der Waals surface area contributed by atoms with Crippen molar-refractivity contribution in [3.05, 3.63) is 30.3 Å². The van der Waals surface area contributed by atoms with E-state index in [2.05, 4.69) is 0 Å². The van der Waals surface area contributed by atoms with E-state index in [1.807, 2.05) is 32.0 Å². The monoisotopic (exact) mass is 208 g/mol. The van der Waals surface area contributed by atoms with Crippen LogP contribution in [0.2, 0.25) is 0 Å². The number of carboxylic acids is 1. The summed E-state index contributed by atoms with van der Waals surface area (Å²) in [5, 5.41) is 8.96. The van der Waals surface area contributed by atoms with Crippen LogP contribution < -0.4 is 4.74 Å². The Morgan fingerprint density at radius 3 is 2.40 bits per heavy atom. The van der Waals surface area contributed by atoms with Crippen LogP contribution in [0.25, 0.3) is 0 Å². The summed E-state index contributed by atoms with van der Waals surface area (Å²) in [5.74, 6) is -0.00656. The van der Waals surface area contributed by atoms with Gasteiger partial charge in [-0.25, -0.2) is 4.79 Å². The molecule has 82 valence electrons. The lowest BCUT2D eigenvalue weighted by molar-refractivity contribution is -0.145. The standard InChI is InChI=1S/C12H16O3/c1-9(2)8-11(12(13)14)15-10-6-4-3-5-7-10/h3-7,9,11H,8H2,1-2H3,(H,13,14)/t11-/m0/s1. The van der Waals surface area contributed by atoms with Crippen molar-refractivity contribution in [2.45, 2.75) is 26.4 Å². The van der Waals surface area contributed by atoms with Crippen LogP contribution in [-0.4, -0.2) is 17.2 Å². The van der Waals surface area contributed by atoms with Gasteiger partial charge in [-0.05, 0) is 24.5 Å². The van der Waals surface area contributed by atoms with Crippen LogP contribution in [0.5, 0.6) is 5.75 Å². The zero-order valence-corrected chi connectivity index (χ0v) is 9.01. The number of carboxylic acid groups (broad SMARTS) is 1. The van der Waals surface area contributed by atoms with E-state index in [9.17, 15) is 4.79 Å². The summed E-state index contributed by atoms with van der Waals surface area (Å²) in [6, 6.07) is 9.03. The van der Waals surface area contributed by atoms with Gasteiger partial charge in [0.2, 0.25) is 0 Å². The van der Waals surface area contributed by atoms with Crippen molar-refractivity contribution in [1.29, 1.82) is 0 Å². The van der Waals surface area contributed by atoms with Gasteiger partial charge >= 0.3 is 5.97 Å². The summed E-state index contributed by atoms with van der Waals surface area (Å²) < 4.78 is 5.39. The number of ether oxygens (including phenoxy) is 1. The predicted molar refractivity (Wildman–Crippen MR) is 57.9 cm³/mol. The smallest absolute Gasteiger partial charge is 0.344 e. The molecule has 3 nitrogen and oxygen atoms in total. The predicted octanol–water partition coefficient (Wildman–Crippen LogP) is 2.56. The van der Waals surface area contributed by atoms with E-state index in [-0.39, 0.29) is 0 Å². The topological polar surface area (TPSA) is 46.5 Å². The Bertz CT molecular complexity index is 306. The minimum Gasteiger partial charge on any atom is -0.479 e. The second kappa shape index (κ2) is 5.39. The van der Waals surface area contributed by atoms with Crippen LogP contribution >= 0.6 is 0 Å². The van der Waals surface area contributed by atoms with E-state index in [1.165, 1.54) is 0 Å². The van der Waals surface area contributed by atoms with E-state index < -0.39 is 12.1 Å². The number of aliphatic carboxylic acids is 1. The first-order valence-electron chi connectivity index (χ1n) is 5.04. The molecule has 0 spiro atoms. The lowest BCUT2D eigenvalue weighted by Gasteiger charge is -2.16. The van der Waals surface area contributed by atoms with Gasteiger partial charge in [0.1, 0.15) is 5.75 Å². The van der Waals surface area contributed by atoms with Crippen LogP contribution in [-0.2, 0) is 4.79 Å². The number of carbonyl (C=O) groups is 1. The molecule has 0 aliphatic rings. The van der Waals surface area contributed by atoms with E-state index in [1.54, 1.807) is 12.1 Å². The van der Waals surface area contributed by atoms with Crippen molar-refractivity contribution in [2.24, 2.45) is 5.92 Å². The maximum atomic E-state index is 10.9. The van der Waals surface area contributed by atoms with E-state index in [0.29, 0.717) is 18.1 Å². The summed E-state index contributed by atoms with van der Waals surface area (Å²) in [7, 11) is 0. The molecule has 0 fully saturated rings. The fourth-order valence-electron chi connectivity index (χ4n) is 1.29. The first-order chi connectivity index (χ1) is 7.09. The summed E-state index contributed by atoms with van der Waals surface area (Å²) in [5.41, 5.74) is 0. The number of hydrogen-bond donors (Lipinski definition) is 1. The first kappa shape index (κ1) is 11.6. The fraction of sp³-hybridized carbons (Fsp3) is 0.417. The van der Waals surface area contributed by atoms with Gasteiger partial charge in [0.25, 0.3) is 0 Å². The minimum absolute atomic E-state index is 0.301. The Morgan fingerprint density at radius 1 is 1.33 bits per heavy atom. The first-order valence-corrected chi connectivity index (χ1v) is 5.04. The average Bonchev–Trinajstić information content (AvgIpc) is 2.17. The molecule has 1 aromatic carbocycles. The Morgan fingerprint density at radius 2 is 1.93 bits per heavy atom. The summed E-state index contributed by atoms with van der Waals surface area (Å²) in [4.78, 5) is 10.9. The fourth-order valence-corrected chi connectivity index (χ4v) is 1.29. The minimum atomic E-state index is -0.910. The van der Waals surface area contributed by atoms with Crippen molar-refractivity contribution < 1.29 is 14.6 Å².